The minimum absolute atomic E-state index is 0.208. The Morgan fingerprint density at radius 1 is 1.04 bits per heavy atom. The Labute approximate surface area is 154 Å². The summed E-state index contributed by atoms with van der Waals surface area (Å²) in [5.41, 5.74) is 2.06. The maximum Gasteiger partial charge on any atom is 0.255 e. The van der Waals surface area contributed by atoms with Gasteiger partial charge in [0.15, 0.2) is 0 Å². The second kappa shape index (κ2) is 7.57. The lowest BCUT2D eigenvalue weighted by Gasteiger charge is -2.29. The van der Waals surface area contributed by atoms with E-state index in [2.05, 4.69) is 12.4 Å². The molecule has 138 valence electrons. The van der Waals surface area contributed by atoms with E-state index in [1.54, 1.807) is 30.3 Å². The van der Waals surface area contributed by atoms with Gasteiger partial charge in [0, 0.05) is 11.3 Å². The molecule has 0 aliphatic carbocycles. The van der Waals surface area contributed by atoms with Crippen LogP contribution in [0.3, 0.4) is 0 Å². The van der Waals surface area contributed by atoms with E-state index >= 15 is 0 Å². The van der Waals surface area contributed by atoms with Gasteiger partial charge in [-0.05, 0) is 42.8 Å². The zero-order valence-electron chi connectivity index (χ0n) is 15.0. The fourth-order valence-electron chi connectivity index (χ4n) is 2.99. The van der Waals surface area contributed by atoms with Gasteiger partial charge in [0.05, 0.1) is 38.1 Å². The van der Waals surface area contributed by atoms with E-state index in [0.29, 0.717) is 24.3 Å². The number of benzene rings is 2. The monoisotopic (exact) mass is 374 g/mol. The highest BCUT2D eigenvalue weighted by Crippen LogP contribution is 2.19. The average Bonchev–Trinajstić information content (AvgIpc) is 2.63. The van der Waals surface area contributed by atoms with Gasteiger partial charge in [0.25, 0.3) is 5.91 Å². The minimum atomic E-state index is -3.48. The number of carbonyl (C=O) groups excluding carboxylic acids is 1. The van der Waals surface area contributed by atoms with E-state index < -0.39 is 10.0 Å². The van der Waals surface area contributed by atoms with Crippen molar-refractivity contribution >= 4 is 21.6 Å². The van der Waals surface area contributed by atoms with Crippen LogP contribution in [-0.2, 0) is 10.0 Å². The zero-order valence-corrected chi connectivity index (χ0v) is 15.8. The first kappa shape index (κ1) is 18.6. The lowest BCUT2D eigenvalue weighted by molar-refractivity contribution is -0.883. The Morgan fingerprint density at radius 3 is 2.27 bits per heavy atom. The molecule has 0 spiro atoms. The first-order valence-corrected chi connectivity index (χ1v) is 10.1. The Morgan fingerprint density at radius 2 is 1.65 bits per heavy atom. The molecule has 3 rings (SSSR count). The minimum Gasteiger partial charge on any atom is -0.335 e. The van der Waals surface area contributed by atoms with Crippen LogP contribution in [-0.4, -0.2) is 51.9 Å². The first-order chi connectivity index (χ1) is 12.4. The molecule has 0 bridgehead atoms. The van der Waals surface area contributed by atoms with Crippen molar-refractivity contribution in [3.05, 3.63) is 59.7 Å². The van der Waals surface area contributed by atoms with Gasteiger partial charge in [-0.25, -0.2) is 8.42 Å². The van der Waals surface area contributed by atoms with Crippen molar-refractivity contribution in [3.8, 4) is 0 Å². The lowest BCUT2D eigenvalue weighted by Crippen LogP contribution is -3.12. The van der Waals surface area contributed by atoms with Gasteiger partial charge < -0.3 is 10.2 Å². The zero-order chi connectivity index (χ0) is 18.7. The van der Waals surface area contributed by atoms with Crippen LogP contribution in [0.1, 0.15) is 15.9 Å². The van der Waals surface area contributed by atoms with Crippen molar-refractivity contribution in [2.24, 2.45) is 0 Å². The first-order valence-electron chi connectivity index (χ1n) is 8.66. The predicted octanol–water partition coefficient (Wildman–Crippen LogP) is 0.766. The van der Waals surface area contributed by atoms with Crippen LogP contribution in [0.15, 0.2) is 53.4 Å². The molecule has 1 heterocycles. The molecule has 0 atom stereocenters. The SMILES string of the molecule is Cc1ccccc1C(=O)Nc1ccc(S(=O)(=O)N2CC[NH+](C)CC2)cc1. The summed E-state index contributed by atoms with van der Waals surface area (Å²) in [5, 5.41) is 2.81. The van der Waals surface area contributed by atoms with E-state index in [1.165, 1.54) is 9.21 Å². The Hall–Kier alpha value is -2.22. The van der Waals surface area contributed by atoms with Crippen LogP contribution in [0, 0.1) is 6.92 Å². The van der Waals surface area contributed by atoms with Crippen molar-refractivity contribution in [1.29, 1.82) is 0 Å². The molecule has 0 saturated carbocycles. The molecule has 0 unspecified atom stereocenters. The molecule has 1 aliphatic heterocycles. The Kier molecular flexibility index (Phi) is 5.41. The van der Waals surface area contributed by atoms with E-state index in [9.17, 15) is 13.2 Å². The number of nitrogens with zero attached hydrogens (tertiary/aromatic N) is 1. The van der Waals surface area contributed by atoms with Crippen LogP contribution in [0.2, 0.25) is 0 Å². The maximum absolute atomic E-state index is 12.7. The molecule has 1 aliphatic rings. The third-order valence-electron chi connectivity index (χ3n) is 4.72. The molecule has 1 amide bonds. The smallest absolute Gasteiger partial charge is 0.255 e. The number of aryl methyl sites for hydroxylation is 1. The number of anilines is 1. The number of quaternary nitrogens is 1. The van der Waals surface area contributed by atoms with Crippen LogP contribution in [0.5, 0.6) is 0 Å². The fraction of sp³-hybridized carbons (Fsp3) is 0.316. The number of hydrogen-bond donors (Lipinski definition) is 2. The van der Waals surface area contributed by atoms with Crippen molar-refractivity contribution < 1.29 is 18.1 Å². The number of nitrogens with one attached hydrogen (secondary N) is 2. The van der Waals surface area contributed by atoms with Crippen molar-refractivity contribution in [2.45, 2.75) is 11.8 Å². The molecule has 7 heteroatoms. The highest BCUT2D eigenvalue weighted by molar-refractivity contribution is 7.89. The van der Waals surface area contributed by atoms with E-state index in [0.717, 1.165) is 18.7 Å². The van der Waals surface area contributed by atoms with Crippen LogP contribution in [0.4, 0.5) is 5.69 Å². The van der Waals surface area contributed by atoms with Gasteiger partial charge in [0.2, 0.25) is 10.0 Å². The number of carbonyl (C=O) groups is 1. The Bertz CT molecular complexity index is 887. The van der Waals surface area contributed by atoms with Gasteiger partial charge in [-0.1, -0.05) is 18.2 Å². The van der Waals surface area contributed by atoms with Crippen molar-refractivity contribution in [1.82, 2.24) is 4.31 Å². The summed E-state index contributed by atoms with van der Waals surface area (Å²) < 4.78 is 27.0. The molecule has 26 heavy (non-hydrogen) atoms. The normalized spacial score (nSPS) is 16.4. The van der Waals surface area contributed by atoms with E-state index in [-0.39, 0.29) is 10.8 Å². The topological polar surface area (TPSA) is 70.9 Å². The van der Waals surface area contributed by atoms with Crippen LogP contribution >= 0.6 is 0 Å². The quantitative estimate of drug-likeness (QED) is 0.830. The summed E-state index contributed by atoms with van der Waals surface area (Å²) >= 11 is 0. The van der Waals surface area contributed by atoms with E-state index in [4.69, 9.17) is 0 Å². The lowest BCUT2D eigenvalue weighted by atomic mass is 10.1. The Balaban J connectivity index is 1.72. The third kappa shape index (κ3) is 3.95. The molecule has 2 N–H and O–H groups in total. The highest BCUT2D eigenvalue weighted by atomic mass is 32.2. The van der Waals surface area contributed by atoms with Gasteiger partial charge in [-0.15, -0.1) is 0 Å². The largest absolute Gasteiger partial charge is 0.335 e. The molecule has 6 nitrogen and oxygen atoms in total. The van der Waals surface area contributed by atoms with Crippen LogP contribution < -0.4 is 10.2 Å². The van der Waals surface area contributed by atoms with Gasteiger partial charge in [-0.2, -0.15) is 4.31 Å². The standard InChI is InChI=1S/C19H23N3O3S/c1-15-5-3-4-6-18(15)19(23)20-16-7-9-17(10-8-16)26(24,25)22-13-11-21(2)12-14-22/h3-10H,11-14H2,1-2H3,(H,20,23)/p+1. The number of hydrogen-bond acceptors (Lipinski definition) is 3. The second-order valence-corrected chi connectivity index (χ2v) is 8.59. The van der Waals surface area contributed by atoms with Crippen molar-refractivity contribution in [3.63, 3.8) is 0 Å². The number of sulfonamides is 1. The van der Waals surface area contributed by atoms with Crippen molar-refractivity contribution in [2.75, 3.05) is 38.5 Å². The van der Waals surface area contributed by atoms with Gasteiger partial charge >= 0.3 is 0 Å². The predicted molar refractivity (Wildman–Crippen MR) is 101 cm³/mol. The number of amides is 1. The maximum atomic E-state index is 12.7. The molecule has 2 aromatic carbocycles. The van der Waals surface area contributed by atoms with Gasteiger partial charge in [0.1, 0.15) is 0 Å². The van der Waals surface area contributed by atoms with E-state index in [1.807, 2.05) is 25.1 Å². The summed E-state index contributed by atoms with van der Waals surface area (Å²) in [6, 6.07) is 13.7. The summed E-state index contributed by atoms with van der Waals surface area (Å²) in [4.78, 5) is 13.9. The summed E-state index contributed by atoms with van der Waals surface area (Å²) in [5.74, 6) is -0.208. The molecule has 0 radical (unpaired) electrons. The highest BCUT2D eigenvalue weighted by Gasteiger charge is 2.29. The third-order valence-corrected chi connectivity index (χ3v) is 6.63. The molecular weight excluding hydrogens is 350 g/mol. The molecular formula is C19H24N3O3S+. The summed E-state index contributed by atoms with van der Waals surface area (Å²) in [6.45, 7) is 4.55. The molecule has 0 aromatic heterocycles. The summed E-state index contributed by atoms with van der Waals surface area (Å²) in [6.07, 6.45) is 0. The number of piperazine rings is 1. The van der Waals surface area contributed by atoms with Gasteiger partial charge in [-0.3, -0.25) is 4.79 Å². The fourth-order valence-corrected chi connectivity index (χ4v) is 4.44. The second-order valence-electron chi connectivity index (χ2n) is 6.65. The molecule has 1 saturated heterocycles. The van der Waals surface area contributed by atoms with Crippen LogP contribution in [0.25, 0.3) is 0 Å². The average molecular weight is 374 g/mol. The number of likely N-dealkylation sites (N-methyl/N-ethyl adjacent to an activating group) is 1. The summed E-state index contributed by atoms with van der Waals surface area (Å²) in [7, 11) is -1.42. The molecule has 2 aromatic rings. The molecule has 1 fully saturated rings. The number of rotatable bonds is 4.